The summed E-state index contributed by atoms with van der Waals surface area (Å²) in [4.78, 5) is 0. The molecule has 0 aromatic heterocycles. The van der Waals surface area contributed by atoms with E-state index in [9.17, 15) is 25.2 Å². The van der Waals surface area contributed by atoms with E-state index in [2.05, 4.69) is 166 Å². The van der Waals surface area contributed by atoms with Gasteiger partial charge in [0.1, 0.15) is 62.7 Å². The van der Waals surface area contributed by atoms with Gasteiger partial charge in [-0.05, 0) is 77.2 Å². The van der Waals surface area contributed by atoms with Gasteiger partial charge in [0.15, 0.2) is 23.0 Å². The first kappa shape index (κ1) is 64.3. The SMILES string of the molecule is CC(C)(C)c1ccc(C[NH2+]Cc2ccc(C[P+](c3ccccc3)(c3ccccc3)c3ccccc3)cc2)cc1.F[P-](F)(F)(F)(F)F.[Br-].c1ccc2c(c1)OCCOCCOCCOc1ccccc1OCCOCCOCCO2. The van der Waals surface area contributed by atoms with E-state index in [0.717, 1.165) is 19.3 Å². The van der Waals surface area contributed by atoms with Crippen LogP contribution in [0, 0.1) is 0 Å². The number of halogens is 7. The van der Waals surface area contributed by atoms with Gasteiger partial charge < -0.3 is 60.2 Å². The van der Waals surface area contributed by atoms with Crippen LogP contribution in [0.3, 0.4) is 0 Å². The third kappa shape index (κ3) is 24.4. The molecule has 79 heavy (non-hydrogen) atoms. The summed E-state index contributed by atoms with van der Waals surface area (Å²) in [7, 11) is -12.5. The predicted molar refractivity (Wildman–Crippen MR) is 301 cm³/mol. The van der Waals surface area contributed by atoms with Crippen molar-refractivity contribution in [2.75, 3.05) is 79.3 Å². The number of ether oxygens (including phenoxy) is 8. The summed E-state index contributed by atoms with van der Waals surface area (Å²) < 4.78 is 105. The van der Waals surface area contributed by atoms with E-state index < -0.39 is 15.1 Å². The Morgan fingerprint density at radius 1 is 0.367 bits per heavy atom. The fourth-order valence-electron chi connectivity index (χ4n) is 8.23. The number of quaternary nitrogens is 1. The molecule has 0 saturated heterocycles. The summed E-state index contributed by atoms with van der Waals surface area (Å²) in [6.07, 6.45) is 1.01. The molecule has 0 saturated carbocycles. The molecule has 428 valence electrons. The molecule has 0 fully saturated rings. The molecule has 0 amide bonds. The summed E-state index contributed by atoms with van der Waals surface area (Å²) in [6, 6.07) is 67.0. The molecule has 0 spiro atoms. The Bertz CT molecular complexity index is 2570. The van der Waals surface area contributed by atoms with Crippen LogP contribution in [-0.4, -0.2) is 79.3 Å². The largest absolute Gasteiger partial charge is 1.00 e. The van der Waals surface area contributed by atoms with Crippen molar-refractivity contribution in [3.05, 3.63) is 210 Å². The van der Waals surface area contributed by atoms with Crippen LogP contribution in [0.25, 0.3) is 0 Å². The zero-order valence-corrected chi connectivity index (χ0v) is 48.3. The first-order valence-corrected chi connectivity index (χ1v) is 29.9. The molecule has 0 radical (unpaired) electrons. The molecule has 1 heterocycles. The van der Waals surface area contributed by atoms with Gasteiger partial charge in [-0.3, -0.25) is 0 Å². The third-order valence-corrected chi connectivity index (χ3v) is 16.4. The maximum absolute atomic E-state index is 10.7. The molecule has 2 N–H and O–H groups in total. The summed E-state index contributed by atoms with van der Waals surface area (Å²) in [5.41, 5.74) is 5.73. The smallest absolute Gasteiger partial charge is 0.161 e. The first-order valence-electron chi connectivity index (χ1n) is 25.9. The monoisotopic (exact) mass is 1200 g/mol. The molecule has 1 aliphatic rings. The Labute approximate surface area is 472 Å². The molecule has 0 atom stereocenters. The Balaban J connectivity index is 0.000000260. The number of hydrogen-bond donors (Lipinski definition) is 1. The normalized spacial score (nSPS) is 15.3. The van der Waals surface area contributed by atoms with Crippen molar-refractivity contribution in [1.29, 1.82) is 0 Å². The molecule has 18 heteroatoms. The maximum Gasteiger partial charge on any atom is 0.161 e. The number of para-hydroxylation sites is 4. The predicted octanol–water partition coefficient (Wildman–Crippen LogP) is 10.1. The third-order valence-electron chi connectivity index (χ3n) is 12.0. The fraction of sp³-hybridized carbons (Fsp3) is 0.311. The Morgan fingerprint density at radius 3 is 0.911 bits per heavy atom. The standard InChI is InChI=1S/C37H39NP.C24H32O8.BrH.F6P/c1-37(2,3)33-25-23-31(24-26-33)28-38-27-30-19-21-32(22-20-30)29-39(34-13-7-4-8-14-34,35-15-9-5-10-16-35)36-17-11-6-12-18-36;1-2-6-22-21(5-1)29-17-13-25-9-10-27-15-19-31-23-7-3-4-8-24(23)32-20-16-28-12-11-26-14-18-30-22;;1-7(2,3,4,5)6/h4-26,38H,27-29H2,1-3H3;1-8H,9-20H2;1H;/q+1;;;-1. The summed E-state index contributed by atoms with van der Waals surface area (Å²) in [6.45, 7) is 14.3. The van der Waals surface area contributed by atoms with Gasteiger partial charge in [0.05, 0.1) is 59.0 Å². The van der Waals surface area contributed by atoms with Crippen LogP contribution in [0.5, 0.6) is 23.0 Å². The average Bonchev–Trinajstić information content (AvgIpc) is 3.60. The number of rotatable bonds is 9. The van der Waals surface area contributed by atoms with Gasteiger partial charge in [0, 0.05) is 11.1 Å². The molecule has 0 aliphatic carbocycles. The zero-order chi connectivity index (χ0) is 55.6. The molecule has 7 aromatic carbocycles. The van der Waals surface area contributed by atoms with Gasteiger partial charge in [-0.1, -0.05) is 148 Å². The minimum absolute atomic E-state index is 0. The average molecular weight is 1200 g/mol. The topological polar surface area (TPSA) is 90.5 Å². The minimum Gasteiger partial charge on any atom is -1.00 e. The van der Waals surface area contributed by atoms with Crippen molar-refractivity contribution in [3.63, 3.8) is 0 Å². The van der Waals surface area contributed by atoms with E-state index >= 15 is 0 Å². The van der Waals surface area contributed by atoms with Crippen LogP contribution in [0.4, 0.5) is 25.2 Å². The van der Waals surface area contributed by atoms with Crippen LogP contribution in [0.1, 0.15) is 43.0 Å². The van der Waals surface area contributed by atoms with Crippen LogP contribution in [0.15, 0.2) is 188 Å². The van der Waals surface area contributed by atoms with Gasteiger partial charge in [-0.25, -0.2) is 0 Å². The van der Waals surface area contributed by atoms with E-state index in [0.29, 0.717) is 102 Å². The fourth-order valence-corrected chi connectivity index (χ4v) is 12.5. The van der Waals surface area contributed by atoms with Gasteiger partial charge in [-0.2, -0.15) is 0 Å². The van der Waals surface area contributed by atoms with Crippen LogP contribution in [0.2, 0.25) is 0 Å². The molecule has 0 unspecified atom stereocenters. The second kappa shape index (κ2) is 30.9. The van der Waals surface area contributed by atoms with Gasteiger partial charge >= 0.3 is 33.0 Å². The molecular formula is C61H72BrF6NO8P2. The molecule has 0 bridgehead atoms. The second-order valence-electron chi connectivity index (χ2n) is 19.1. The number of fused-ring (bicyclic) bond motifs is 2. The summed E-state index contributed by atoms with van der Waals surface area (Å²) >= 11 is 0. The molecule has 9 nitrogen and oxygen atoms in total. The summed E-state index contributed by atoms with van der Waals surface area (Å²) in [5, 5.41) is 6.68. The van der Waals surface area contributed by atoms with Gasteiger partial charge in [0.2, 0.25) is 0 Å². The molecular weight excluding hydrogens is 1130 g/mol. The second-order valence-corrected chi connectivity index (χ2v) is 24.5. The van der Waals surface area contributed by atoms with Crippen molar-refractivity contribution in [3.8, 4) is 23.0 Å². The number of nitrogens with two attached hydrogens (primary N) is 1. The molecule has 8 rings (SSSR count). The Kier molecular flexibility index (Phi) is 25.1. The van der Waals surface area contributed by atoms with Crippen molar-refractivity contribution in [1.82, 2.24) is 0 Å². The Morgan fingerprint density at radius 2 is 0.620 bits per heavy atom. The van der Waals surface area contributed by atoms with E-state index in [1.165, 1.54) is 38.2 Å². The quantitative estimate of drug-likeness (QED) is 0.113. The zero-order valence-electron chi connectivity index (χ0n) is 44.9. The van der Waals surface area contributed by atoms with E-state index in [1.54, 1.807) is 0 Å². The Hall–Kier alpha value is -5.54. The first-order chi connectivity index (χ1) is 37.3. The van der Waals surface area contributed by atoms with Gasteiger partial charge in [-0.15, -0.1) is 0 Å². The van der Waals surface area contributed by atoms with Crippen LogP contribution >= 0.6 is 15.1 Å². The van der Waals surface area contributed by atoms with E-state index in [-0.39, 0.29) is 22.4 Å². The summed E-state index contributed by atoms with van der Waals surface area (Å²) in [5.74, 6) is 2.73. The number of hydrogen-bond acceptors (Lipinski definition) is 8. The van der Waals surface area contributed by atoms with Crippen LogP contribution < -0.4 is 57.2 Å². The van der Waals surface area contributed by atoms with Crippen molar-refractivity contribution >= 4 is 31.0 Å². The van der Waals surface area contributed by atoms with E-state index in [1.807, 2.05) is 48.5 Å². The van der Waals surface area contributed by atoms with Crippen molar-refractivity contribution in [2.45, 2.75) is 45.4 Å². The molecule has 7 aromatic rings. The minimum atomic E-state index is -10.7. The number of benzene rings is 7. The van der Waals surface area contributed by atoms with Crippen molar-refractivity contribution in [2.24, 2.45) is 0 Å². The maximum atomic E-state index is 9.87. The van der Waals surface area contributed by atoms with Crippen molar-refractivity contribution < 1.29 is 85.4 Å². The molecule has 1 aliphatic heterocycles. The van der Waals surface area contributed by atoms with Crippen LogP contribution in [-0.2, 0) is 43.6 Å². The van der Waals surface area contributed by atoms with E-state index in [4.69, 9.17) is 37.9 Å². The van der Waals surface area contributed by atoms with Gasteiger partial charge in [0.25, 0.3) is 0 Å².